The molecule has 0 saturated heterocycles. The molecule has 2 aromatic rings. The molecule has 1 N–H and O–H groups in total. The number of hydrogen-bond acceptors (Lipinski definition) is 3. The highest BCUT2D eigenvalue weighted by atomic mass is 35.5. The molecule has 0 spiro atoms. The second-order valence-corrected chi connectivity index (χ2v) is 4.88. The smallest absolute Gasteiger partial charge is 0.150 e. The van der Waals surface area contributed by atoms with Gasteiger partial charge in [-0.15, -0.1) is 0 Å². The van der Waals surface area contributed by atoms with Gasteiger partial charge in [0.25, 0.3) is 0 Å². The summed E-state index contributed by atoms with van der Waals surface area (Å²) >= 11 is 6.12. The van der Waals surface area contributed by atoms with Gasteiger partial charge in [0, 0.05) is 19.3 Å². The Balaban J connectivity index is 1.63. The van der Waals surface area contributed by atoms with Crippen molar-refractivity contribution in [2.45, 2.75) is 0 Å². The minimum atomic E-state index is 0.741. The van der Waals surface area contributed by atoms with E-state index in [2.05, 4.69) is 10.2 Å². The van der Waals surface area contributed by atoms with Gasteiger partial charge < -0.3 is 15.0 Å². The second kappa shape index (κ2) is 5.88. The molecule has 2 aromatic carbocycles. The predicted molar refractivity (Wildman–Crippen MR) is 83.5 cm³/mol. The summed E-state index contributed by atoms with van der Waals surface area (Å²) in [7, 11) is 0. The highest BCUT2D eigenvalue weighted by Gasteiger charge is 2.12. The fourth-order valence-corrected chi connectivity index (χ4v) is 2.36. The van der Waals surface area contributed by atoms with Crippen LogP contribution in [0.25, 0.3) is 0 Å². The molecule has 0 bridgehead atoms. The van der Waals surface area contributed by atoms with Crippen LogP contribution in [0.1, 0.15) is 0 Å². The molecule has 0 atom stereocenters. The maximum absolute atomic E-state index is 6.12. The van der Waals surface area contributed by atoms with Gasteiger partial charge in [0.2, 0.25) is 0 Å². The monoisotopic (exact) mass is 286 g/mol. The molecule has 102 valence electrons. The Labute approximate surface area is 123 Å². The molecule has 1 heterocycles. The fraction of sp³-hybridized carbons (Fsp3) is 0.125. The Kier molecular flexibility index (Phi) is 3.79. The molecule has 0 aromatic heterocycles. The number of para-hydroxylation sites is 3. The standard InChI is InChI=1S/C16H15ClN2O/c17-13-5-1-2-6-14(13)18-9-10-19-11-12-20-16-8-4-3-7-15(16)19/h1-8,11-12,18H,9-10H2. The maximum Gasteiger partial charge on any atom is 0.150 e. The molecule has 20 heavy (non-hydrogen) atoms. The van der Waals surface area contributed by atoms with E-state index in [0.717, 1.165) is 35.2 Å². The van der Waals surface area contributed by atoms with Crippen LogP contribution in [0.5, 0.6) is 5.75 Å². The van der Waals surface area contributed by atoms with Crippen LogP contribution in [0.2, 0.25) is 5.02 Å². The molecule has 0 fully saturated rings. The van der Waals surface area contributed by atoms with Gasteiger partial charge in [0.15, 0.2) is 0 Å². The van der Waals surface area contributed by atoms with E-state index in [9.17, 15) is 0 Å². The zero-order valence-corrected chi connectivity index (χ0v) is 11.7. The Bertz CT molecular complexity index is 627. The number of anilines is 2. The summed E-state index contributed by atoms with van der Waals surface area (Å²) in [6.45, 7) is 1.63. The Morgan fingerprint density at radius 1 is 1.05 bits per heavy atom. The molecule has 0 saturated carbocycles. The topological polar surface area (TPSA) is 24.5 Å². The van der Waals surface area contributed by atoms with Crippen molar-refractivity contribution >= 4 is 23.0 Å². The van der Waals surface area contributed by atoms with Crippen LogP contribution in [-0.2, 0) is 0 Å². The third-order valence-corrected chi connectivity index (χ3v) is 3.48. The van der Waals surface area contributed by atoms with Gasteiger partial charge in [-0.05, 0) is 24.3 Å². The summed E-state index contributed by atoms with van der Waals surface area (Å²) in [5.74, 6) is 0.882. The first-order valence-electron chi connectivity index (χ1n) is 6.52. The zero-order chi connectivity index (χ0) is 13.8. The predicted octanol–water partition coefficient (Wildman–Crippen LogP) is 4.12. The molecule has 1 aliphatic rings. The second-order valence-electron chi connectivity index (χ2n) is 4.47. The maximum atomic E-state index is 6.12. The van der Waals surface area contributed by atoms with Crippen LogP contribution in [0, 0.1) is 0 Å². The average Bonchev–Trinajstić information content (AvgIpc) is 2.49. The van der Waals surface area contributed by atoms with E-state index >= 15 is 0 Å². The summed E-state index contributed by atoms with van der Waals surface area (Å²) in [5.41, 5.74) is 2.04. The number of halogens is 1. The van der Waals surface area contributed by atoms with E-state index < -0.39 is 0 Å². The molecule has 3 rings (SSSR count). The number of benzene rings is 2. The number of nitrogens with zero attached hydrogens (tertiary/aromatic N) is 1. The van der Waals surface area contributed by atoms with E-state index in [4.69, 9.17) is 16.3 Å². The van der Waals surface area contributed by atoms with Crippen molar-refractivity contribution < 1.29 is 4.74 Å². The number of rotatable bonds is 4. The van der Waals surface area contributed by atoms with Gasteiger partial charge in [-0.25, -0.2) is 0 Å². The van der Waals surface area contributed by atoms with Crippen molar-refractivity contribution in [1.82, 2.24) is 0 Å². The van der Waals surface area contributed by atoms with Gasteiger partial charge in [0.05, 0.1) is 16.4 Å². The molecule has 1 aliphatic heterocycles. The van der Waals surface area contributed by atoms with E-state index in [0.29, 0.717) is 0 Å². The molecule has 3 nitrogen and oxygen atoms in total. The summed E-state index contributed by atoms with van der Waals surface area (Å²) in [6.07, 6.45) is 3.65. The van der Waals surface area contributed by atoms with Gasteiger partial charge >= 0.3 is 0 Å². The van der Waals surface area contributed by atoms with E-state index in [1.54, 1.807) is 6.26 Å². The lowest BCUT2D eigenvalue weighted by Crippen LogP contribution is -2.26. The summed E-state index contributed by atoms with van der Waals surface area (Å²) in [5, 5.41) is 4.08. The zero-order valence-electron chi connectivity index (χ0n) is 10.9. The minimum absolute atomic E-state index is 0.741. The van der Waals surface area contributed by atoms with Crippen molar-refractivity contribution in [1.29, 1.82) is 0 Å². The van der Waals surface area contributed by atoms with Gasteiger partial charge in [-0.2, -0.15) is 0 Å². The molecular weight excluding hydrogens is 272 g/mol. The van der Waals surface area contributed by atoms with Gasteiger partial charge in [-0.3, -0.25) is 0 Å². The van der Waals surface area contributed by atoms with Crippen molar-refractivity contribution in [2.24, 2.45) is 0 Å². The third-order valence-electron chi connectivity index (χ3n) is 3.15. The first-order valence-corrected chi connectivity index (χ1v) is 6.90. The molecular formula is C16H15ClN2O. The highest BCUT2D eigenvalue weighted by molar-refractivity contribution is 6.33. The van der Waals surface area contributed by atoms with Gasteiger partial charge in [0.1, 0.15) is 12.0 Å². The molecule has 0 amide bonds. The van der Waals surface area contributed by atoms with E-state index in [1.165, 1.54) is 0 Å². The minimum Gasteiger partial charge on any atom is -0.461 e. The Morgan fingerprint density at radius 3 is 2.75 bits per heavy atom. The van der Waals surface area contributed by atoms with Crippen LogP contribution < -0.4 is 15.0 Å². The SMILES string of the molecule is Clc1ccccc1NCCN1C=COc2ccccc21. The number of ether oxygens (including phenoxy) is 1. The normalized spacial score (nSPS) is 12.8. The van der Waals surface area contributed by atoms with Crippen LogP contribution in [0.3, 0.4) is 0 Å². The molecule has 0 unspecified atom stereocenters. The molecule has 4 heteroatoms. The number of hydrogen-bond donors (Lipinski definition) is 1. The molecule has 0 aliphatic carbocycles. The number of nitrogens with one attached hydrogen (secondary N) is 1. The first kappa shape index (κ1) is 12.9. The van der Waals surface area contributed by atoms with Gasteiger partial charge in [-0.1, -0.05) is 35.9 Å². The van der Waals surface area contributed by atoms with Crippen LogP contribution in [0.15, 0.2) is 61.0 Å². The van der Waals surface area contributed by atoms with E-state index in [1.807, 2.05) is 54.7 Å². The molecule has 0 radical (unpaired) electrons. The quantitative estimate of drug-likeness (QED) is 0.915. The lowest BCUT2D eigenvalue weighted by Gasteiger charge is -2.26. The fourth-order valence-electron chi connectivity index (χ4n) is 2.16. The average molecular weight is 287 g/mol. The Hall–Kier alpha value is -2.13. The van der Waals surface area contributed by atoms with Crippen molar-refractivity contribution in [3.8, 4) is 5.75 Å². The largest absolute Gasteiger partial charge is 0.461 e. The summed E-state index contributed by atoms with van der Waals surface area (Å²) in [6, 6.07) is 15.8. The summed E-state index contributed by atoms with van der Waals surface area (Å²) < 4.78 is 5.47. The van der Waals surface area contributed by atoms with Crippen molar-refractivity contribution in [2.75, 3.05) is 23.3 Å². The lowest BCUT2D eigenvalue weighted by molar-refractivity contribution is 0.469. The van der Waals surface area contributed by atoms with E-state index in [-0.39, 0.29) is 0 Å². The van der Waals surface area contributed by atoms with Crippen molar-refractivity contribution in [3.63, 3.8) is 0 Å². The lowest BCUT2D eigenvalue weighted by atomic mass is 10.2. The Morgan fingerprint density at radius 2 is 1.85 bits per heavy atom. The summed E-state index contributed by atoms with van der Waals surface area (Å²) in [4.78, 5) is 2.16. The van der Waals surface area contributed by atoms with Crippen LogP contribution in [0.4, 0.5) is 11.4 Å². The first-order chi connectivity index (χ1) is 9.84. The highest BCUT2D eigenvalue weighted by Crippen LogP contribution is 2.31. The van der Waals surface area contributed by atoms with Crippen molar-refractivity contribution in [3.05, 3.63) is 66.0 Å². The van der Waals surface area contributed by atoms with Crippen LogP contribution in [-0.4, -0.2) is 13.1 Å². The third kappa shape index (κ3) is 2.73. The number of fused-ring (bicyclic) bond motifs is 1. The van der Waals surface area contributed by atoms with Crippen LogP contribution >= 0.6 is 11.6 Å².